The highest BCUT2D eigenvalue weighted by Crippen LogP contribution is 2.41. The first-order valence-electron chi connectivity index (χ1n) is 12.8. The van der Waals surface area contributed by atoms with Crippen molar-refractivity contribution in [3.8, 4) is 11.1 Å². The molecule has 190 valence electrons. The minimum Gasteiger partial charge on any atom is -0.441 e. The van der Waals surface area contributed by atoms with Gasteiger partial charge in [-0.15, -0.1) is 0 Å². The largest absolute Gasteiger partial charge is 0.441 e. The van der Waals surface area contributed by atoms with E-state index in [1.54, 1.807) is 4.90 Å². The van der Waals surface area contributed by atoms with E-state index in [0.717, 1.165) is 29.5 Å². The molecule has 1 N–H and O–H groups in total. The van der Waals surface area contributed by atoms with Gasteiger partial charge in [0.25, 0.3) is 18.3 Å². The summed E-state index contributed by atoms with van der Waals surface area (Å²) in [5.41, 5.74) is 5.15. The zero-order valence-corrected chi connectivity index (χ0v) is 21.5. The number of amides is 2. The van der Waals surface area contributed by atoms with E-state index in [-0.39, 0.29) is 17.2 Å². The number of nitrogens with one attached hydrogen (secondary N) is 1. The fourth-order valence-electron chi connectivity index (χ4n) is 5.35. The van der Waals surface area contributed by atoms with Crippen LogP contribution in [-0.2, 0) is 21.5 Å². The molecular weight excluding hydrogens is 464 g/mol. The van der Waals surface area contributed by atoms with Crippen LogP contribution in [0.15, 0.2) is 66.7 Å². The van der Waals surface area contributed by atoms with Crippen LogP contribution in [0.2, 0.25) is 0 Å². The van der Waals surface area contributed by atoms with Gasteiger partial charge in [0.05, 0.1) is 6.54 Å². The summed E-state index contributed by atoms with van der Waals surface area (Å²) in [6, 6.07) is 21.2. The van der Waals surface area contributed by atoms with Crippen molar-refractivity contribution >= 4 is 24.0 Å². The summed E-state index contributed by atoms with van der Waals surface area (Å²) in [4.78, 5) is 38.9. The quantitative estimate of drug-likeness (QED) is 0.406. The van der Waals surface area contributed by atoms with Gasteiger partial charge < -0.3 is 10.1 Å². The van der Waals surface area contributed by atoms with Crippen molar-refractivity contribution in [3.63, 3.8) is 0 Å². The molecule has 0 atom stereocenters. The minimum atomic E-state index is -0.828. The number of nitrogens with zero attached hydrogens (tertiary/aromatic N) is 1. The summed E-state index contributed by atoms with van der Waals surface area (Å²) in [6.07, 6.45) is 3.22. The number of hydrogen-bond acceptors (Lipinski definition) is 4. The number of anilines is 1. The number of ether oxygens (including phenoxy) is 1. The first-order chi connectivity index (χ1) is 17.7. The number of benzene rings is 3. The second-order valence-corrected chi connectivity index (χ2v) is 11.0. The van der Waals surface area contributed by atoms with Gasteiger partial charge >= 0.3 is 0 Å². The summed E-state index contributed by atoms with van der Waals surface area (Å²) in [7, 11) is 0. The standard InChI is InChI=1S/C31H32N2O4/c1-30(2,3)25-12-8-22(9-13-25)28(35)32-26-14-10-21(11-15-26)23-6-7-24-19-33(29(36)27(24)18-23)31(37-20-34)16-4-5-17-31/h6-15,18,20H,4-5,16-17,19H2,1-3H3,(H,32,35). The Morgan fingerprint density at radius 3 is 2.22 bits per heavy atom. The van der Waals surface area contributed by atoms with Gasteiger partial charge in [-0.1, -0.05) is 57.2 Å². The Bertz CT molecular complexity index is 1330. The van der Waals surface area contributed by atoms with E-state index in [1.807, 2.05) is 66.7 Å². The summed E-state index contributed by atoms with van der Waals surface area (Å²) in [6.45, 7) is 7.35. The van der Waals surface area contributed by atoms with Gasteiger partial charge in [-0.2, -0.15) is 0 Å². The van der Waals surface area contributed by atoms with Crippen LogP contribution >= 0.6 is 0 Å². The van der Waals surface area contributed by atoms with Gasteiger partial charge in [0.2, 0.25) is 0 Å². The van der Waals surface area contributed by atoms with Crippen LogP contribution in [0, 0.1) is 0 Å². The first kappa shape index (κ1) is 24.8. The second kappa shape index (κ2) is 9.51. The van der Waals surface area contributed by atoms with E-state index in [2.05, 4.69) is 26.1 Å². The molecule has 2 aliphatic rings. The third kappa shape index (κ3) is 4.76. The Hall–Kier alpha value is -3.93. The highest BCUT2D eigenvalue weighted by atomic mass is 16.6. The maximum atomic E-state index is 13.3. The van der Waals surface area contributed by atoms with Crippen molar-refractivity contribution in [1.29, 1.82) is 0 Å². The van der Waals surface area contributed by atoms with E-state index in [4.69, 9.17) is 4.74 Å². The lowest BCUT2D eigenvalue weighted by molar-refractivity contribution is -0.162. The average molecular weight is 497 g/mol. The molecule has 0 bridgehead atoms. The molecule has 0 aromatic heterocycles. The SMILES string of the molecule is CC(C)(C)c1ccc(C(=O)Nc2ccc(-c3ccc4c(c3)C(=O)N(C3(OC=O)CCCC3)C4)cc2)cc1. The summed E-state index contributed by atoms with van der Waals surface area (Å²) >= 11 is 0. The van der Waals surface area contributed by atoms with Gasteiger partial charge in [-0.3, -0.25) is 19.3 Å². The number of carbonyl (C=O) groups is 3. The smallest absolute Gasteiger partial charge is 0.295 e. The Kier molecular flexibility index (Phi) is 6.36. The molecule has 37 heavy (non-hydrogen) atoms. The van der Waals surface area contributed by atoms with Crippen molar-refractivity contribution in [2.75, 3.05) is 5.32 Å². The molecule has 3 aromatic rings. The van der Waals surface area contributed by atoms with Gasteiger partial charge in [-0.05, 0) is 70.8 Å². The fourth-order valence-corrected chi connectivity index (χ4v) is 5.35. The van der Waals surface area contributed by atoms with Crippen molar-refractivity contribution in [1.82, 2.24) is 4.90 Å². The molecule has 0 spiro atoms. The van der Waals surface area contributed by atoms with Crippen LogP contribution in [0.25, 0.3) is 11.1 Å². The van der Waals surface area contributed by atoms with Crippen LogP contribution in [0.5, 0.6) is 0 Å². The van der Waals surface area contributed by atoms with Gasteiger partial charge in [0, 0.05) is 29.7 Å². The Morgan fingerprint density at radius 1 is 0.946 bits per heavy atom. The average Bonchev–Trinajstić information content (AvgIpc) is 3.49. The van der Waals surface area contributed by atoms with E-state index in [1.165, 1.54) is 5.56 Å². The van der Waals surface area contributed by atoms with Gasteiger partial charge in [0.15, 0.2) is 5.72 Å². The second-order valence-electron chi connectivity index (χ2n) is 11.0. The molecule has 1 fully saturated rings. The van der Waals surface area contributed by atoms with Crippen molar-refractivity contribution < 1.29 is 19.1 Å². The summed E-state index contributed by atoms with van der Waals surface area (Å²) < 4.78 is 5.48. The highest BCUT2D eigenvalue weighted by Gasteiger charge is 2.47. The maximum Gasteiger partial charge on any atom is 0.295 e. The number of rotatable bonds is 6. The van der Waals surface area contributed by atoms with Gasteiger partial charge in [0.1, 0.15) is 0 Å². The molecule has 6 nitrogen and oxygen atoms in total. The number of carbonyl (C=O) groups excluding carboxylic acids is 3. The Morgan fingerprint density at radius 2 is 1.59 bits per heavy atom. The zero-order valence-electron chi connectivity index (χ0n) is 21.5. The molecule has 0 unspecified atom stereocenters. The molecule has 6 heteroatoms. The predicted octanol–water partition coefficient (Wildman–Crippen LogP) is 6.30. The summed E-state index contributed by atoms with van der Waals surface area (Å²) in [5.74, 6) is -0.253. The number of hydrogen-bond donors (Lipinski definition) is 1. The van der Waals surface area contributed by atoms with Crippen molar-refractivity contribution in [2.45, 2.75) is 64.1 Å². The Balaban J connectivity index is 1.30. The highest BCUT2D eigenvalue weighted by molar-refractivity contribution is 6.04. The zero-order chi connectivity index (χ0) is 26.2. The molecule has 5 rings (SSSR count). The predicted molar refractivity (Wildman–Crippen MR) is 143 cm³/mol. The fraction of sp³-hybridized carbons (Fsp3) is 0.323. The molecule has 3 aromatic carbocycles. The van der Waals surface area contributed by atoms with E-state index in [0.29, 0.717) is 42.7 Å². The van der Waals surface area contributed by atoms with Crippen LogP contribution in [-0.4, -0.2) is 28.9 Å². The van der Waals surface area contributed by atoms with Crippen LogP contribution in [0.3, 0.4) is 0 Å². The third-order valence-corrected chi connectivity index (χ3v) is 7.55. The van der Waals surface area contributed by atoms with Crippen LogP contribution < -0.4 is 5.32 Å². The van der Waals surface area contributed by atoms with Gasteiger partial charge in [-0.25, -0.2) is 0 Å². The lowest BCUT2D eigenvalue weighted by Crippen LogP contribution is -2.48. The topological polar surface area (TPSA) is 75.7 Å². The molecule has 1 saturated carbocycles. The third-order valence-electron chi connectivity index (χ3n) is 7.55. The van der Waals surface area contributed by atoms with Crippen LogP contribution in [0.1, 0.15) is 78.3 Å². The maximum absolute atomic E-state index is 13.3. The van der Waals surface area contributed by atoms with Crippen LogP contribution in [0.4, 0.5) is 5.69 Å². The lowest BCUT2D eigenvalue weighted by atomic mass is 9.87. The monoisotopic (exact) mass is 496 g/mol. The van der Waals surface area contributed by atoms with E-state index < -0.39 is 5.72 Å². The molecule has 1 aliphatic heterocycles. The minimum absolute atomic E-state index is 0.0342. The summed E-state index contributed by atoms with van der Waals surface area (Å²) in [5, 5.41) is 2.95. The molecule has 1 aliphatic carbocycles. The molecule has 1 heterocycles. The van der Waals surface area contributed by atoms with E-state index >= 15 is 0 Å². The molecule has 2 amide bonds. The van der Waals surface area contributed by atoms with E-state index in [9.17, 15) is 14.4 Å². The van der Waals surface area contributed by atoms with Crippen molar-refractivity contribution in [3.05, 3.63) is 89.0 Å². The first-order valence-corrected chi connectivity index (χ1v) is 12.8. The molecule has 0 radical (unpaired) electrons. The Labute approximate surface area is 217 Å². The number of fused-ring (bicyclic) bond motifs is 1. The molecular formula is C31H32N2O4. The lowest BCUT2D eigenvalue weighted by Gasteiger charge is -2.36. The normalized spacial score (nSPS) is 16.4. The molecule has 0 saturated heterocycles. The van der Waals surface area contributed by atoms with Crippen molar-refractivity contribution in [2.24, 2.45) is 0 Å².